The van der Waals surface area contributed by atoms with Gasteiger partial charge >= 0.3 is 0 Å². The van der Waals surface area contributed by atoms with E-state index in [1.54, 1.807) is 0 Å². The van der Waals surface area contributed by atoms with Crippen LogP contribution in [0.15, 0.2) is 11.1 Å². The molecule has 2 aliphatic carbocycles. The maximum atomic E-state index is 8.77. The lowest BCUT2D eigenvalue weighted by atomic mass is 9.62. The van der Waals surface area contributed by atoms with Crippen molar-refractivity contribution in [1.82, 2.24) is 0 Å². The molecule has 13 heavy (non-hydrogen) atoms. The van der Waals surface area contributed by atoms with Gasteiger partial charge < -0.3 is 0 Å². The van der Waals surface area contributed by atoms with Gasteiger partial charge in [0.1, 0.15) is 17.7 Å². The summed E-state index contributed by atoms with van der Waals surface area (Å²) in [6.45, 7) is 0. The summed E-state index contributed by atoms with van der Waals surface area (Å²) >= 11 is 0. The van der Waals surface area contributed by atoms with Crippen LogP contribution in [0, 0.1) is 28.1 Å². The van der Waals surface area contributed by atoms with Crippen LogP contribution in [0.3, 0.4) is 0 Å². The van der Waals surface area contributed by atoms with Crippen molar-refractivity contribution in [2.75, 3.05) is 0 Å². The van der Waals surface area contributed by atoms with E-state index in [-0.39, 0.29) is 0 Å². The second-order valence-corrected chi connectivity index (χ2v) is 4.06. The van der Waals surface area contributed by atoms with Crippen LogP contribution in [0.5, 0.6) is 0 Å². The molecule has 0 atom stereocenters. The highest BCUT2D eigenvalue weighted by Gasteiger charge is 2.45. The molecule has 2 rings (SSSR count). The van der Waals surface area contributed by atoms with E-state index in [1.165, 1.54) is 32.1 Å². The van der Waals surface area contributed by atoms with E-state index >= 15 is 0 Å². The van der Waals surface area contributed by atoms with Gasteiger partial charge in [-0.05, 0) is 36.7 Å². The third-order valence-electron chi connectivity index (χ3n) is 3.58. The second kappa shape index (κ2) is 2.89. The van der Waals surface area contributed by atoms with Gasteiger partial charge in [-0.3, -0.25) is 0 Å². The molecule has 1 spiro atoms. The number of hydrogen-bond acceptors (Lipinski definition) is 2. The molecule has 0 aliphatic heterocycles. The van der Waals surface area contributed by atoms with E-state index in [4.69, 9.17) is 10.5 Å². The Kier molecular flexibility index (Phi) is 1.85. The molecular weight excluding hydrogens is 160 g/mol. The second-order valence-electron chi connectivity index (χ2n) is 4.06. The Hall–Kier alpha value is -1.28. The largest absolute Gasteiger partial charge is 0.192 e. The van der Waals surface area contributed by atoms with Gasteiger partial charge in [0.15, 0.2) is 0 Å². The fourth-order valence-electron chi connectivity index (χ4n) is 2.76. The van der Waals surface area contributed by atoms with Crippen molar-refractivity contribution in [3.05, 3.63) is 11.1 Å². The standard InChI is InChI=1S/C11H12N2/c12-7-9(8-13)10-3-6-11(10)4-1-2-5-11/h1-6H2. The average molecular weight is 172 g/mol. The van der Waals surface area contributed by atoms with E-state index in [0.717, 1.165) is 12.0 Å². The van der Waals surface area contributed by atoms with Crippen LogP contribution in [-0.2, 0) is 0 Å². The van der Waals surface area contributed by atoms with Crippen molar-refractivity contribution in [3.63, 3.8) is 0 Å². The fraction of sp³-hybridized carbons (Fsp3) is 0.636. The van der Waals surface area contributed by atoms with Gasteiger partial charge in [0, 0.05) is 0 Å². The summed E-state index contributed by atoms with van der Waals surface area (Å²) in [4.78, 5) is 0. The summed E-state index contributed by atoms with van der Waals surface area (Å²) in [5.41, 5.74) is 1.85. The van der Waals surface area contributed by atoms with Gasteiger partial charge in [-0.15, -0.1) is 0 Å². The molecule has 0 saturated heterocycles. The predicted octanol–water partition coefficient (Wildman–Crippen LogP) is 2.68. The first-order valence-corrected chi connectivity index (χ1v) is 4.86. The van der Waals surface area contributed by atoms with Gasteiger partial charge in [0.2, 0.25) is 0 Å². The van der Waals surface area contributed by atoms with E-state index in [0.29, 0.717) is 11.0 Å². The highest BCUT2D eigenvalue weighted by atomic mass is 14.5. The smallest absolute Gasteiger partial charge is 0.129 e. The molecule has 0 aromatic heterocycles. The summed E-state index contributed by atoms with van der Waals surface area (Å²) in [5, 5.41) is 17.5. The van der Waals surface area contributed by atoms with Gasteiger partial charge in [0.05, 0.1) is 0 Å². The zero-order valence-electron chi connectivity index (χ0n) is 7.64. The molecule has 2 nitrogen and oxygen atoms in total. The molecule has 0 heterocycles. The number of hydrogen-bond donors (Lipinski definition) is 0. The summed E-state index contributed by atoms with van der Waals surface area (Å²) in [7, 11) is 0. The van der Waals surface area contributed by atoms with Crippen LogP contribution in [0.4, 0.5) is 0 Å². The summed E-state index contributed by atoms with van der Waals surface area (Å²) in [6.07, 6.45) is 7.14. The Morgan fingerprint density at radius 3 is 2.08 bits per heavy atom. The van der Waals surface area contributed by atoms with Gasteiger partial charge in [-0.2, -0.15) is 10.5 Å². The Labute approximate surface area is 78.5 Å². The molecule has 2 heteroatoms. The third-order valence-corrected chi connectivity index (χ3v) is 3.58. The van der Waals surface area contributed by atoms with Crippen LogP contribution >= 0.6 is 0 Å². The molecule has 2 fully saturated rings. The predicted molar refractivity (Wildman–Crippen MR) is 48.4 cm³/mol. The molecule has 0 aromatic carbocycles. The van der Waals surface area contributed by atoms with Crippen molar-refractivity contribution < 1.29 is 0 Å². The zero-order valence-corrected chi connectivity index (χ0v) is 7.64. The molecule has 66 valence electrons. The first-order chi connectivity index (χ1) is 6.32. The molecule has 0 radical (unpaired) electrons. The maximum absolute atomic E-state index is 8.77. The molecule has 0 aromatic rings. The molecule has 0 N–H and O–H groups in total. The van der Waals surface area contributed by atoms with Crippen LogP contribution in [0.25, 0.3) is 0 Å². The highest BCUT2D eigenvalue weighted by molar-refractivity contribution is 5.46. The SMILES string of the molecule is N#CC(C#N)=C1CCC12CCCC2. The number of nitrogens with zero attached hydrogens (tertiary/aromatic N) is 2. The minimum Gasteiger partial charge on any atom is -0.192 e. The van der Waals surface area contributed by atoms with E-state index in [2.05, 4.69) is 0 Å². The Balaban J connectivity index is 2.33. The topological polar surface area (TPSA) is 47.6 Å². The quantitative estimate of drug-likeness (QED) is 0.527. The fourth-order valence-corrected chi connectivity index (χ4v) is 2.76. The summed E-state index contributed by atoms with van der Waals surface area (Å²) in [6, 6.07) is 4.05. The van der Waals surface area contributed by atoms with E-state index in [1.807, 2.05) is 12.1 Å². The molecule has 2 saturated carbocycles. The molecule has 0 unspecified atom stereocenters. The number of rotatable bonds is 0. The van der Waals surface area contributed by atoms with Crippen molar-refractivity contribution in [2.45, 2.75) is 38.5 Å². The van der Waals surface area contributed by atoms with E-state index in [9.17, 15) is 0 Å². The lowest BCUT2D eigenvalue weighted by Gasteiger charge is -2.41. The Bertz CT molecular complexity index is 316. The van der Waals surface area contributed by atoms with Crippen LogP contribution in [0.2, 0.25) is 0 Å². The zero-order chi connectivity index (χ0) is 9.31. The third kappa shape index (κ3) is 1.06. The first-order valence-electron chi connectivity index (χ1n) is 4.86. The average Bonchev–Trinajstić information content (AvgIpc) is 2.62. The lowest BCUT2D eigenvalue weighted by molar-refractivity contribution is 0.247. The van der Waals surface area contributed by atoms with Crippen molar-refractivity contribution >= 4 is 0 Å². The lowest BCUT2D eigenvalue weighted by Crippen LogP contribution is -2.30. The Morgan fingerprint density at radius 2 is 1.69 bits per heavy atom. The molecular formula is C11H12N2. The maximum Gasteiger partial charge on any atom is 0.129 e. The van der Waals surface area contributed by atoms with Crippen LogP contribution < -0.4 is 0 Å². The number of nitriles is 2. The first kappa shape index (κ1) is 8.32. The van der Waals surface area contributed by atoms with Crippen LogP contribution in [0.1, 0.15) is 38.5 Å². The molecule has 0 amide bonds. The molecule has 2 aliphatic rings. The highest BCUT2D eigenvalue weighted by Crippen LogP contribution is 2.57. The van der Waals surface area contributed by atoms with Gasteiger partial charge in [-0.25, -0.2) is 0 Å². The summed E-state index contributed by atoms with van der Waals surface area (Å²) < 4.78 is 0. The number of allylic oxidation sites excluding steroid dienone is 2. The van der Waals surface area contributed by atoms with Crippen LogP contribution in [-0.4, -0.2) is 0 Å². The minimum atomic E-state index is 0.292. The van der Waals surface area contributed by atoms with Crippen molar-refractivity contribution in [3.8, 4) is 12.1 Å². The van der Waals surface area contributed by atoms with Crippen molar-refractivity contribution in [2.24, 2.45) is 5.41 Å². The van der Waals surface area contributed by atoms with Crippen molar-refractivity contribution in [1.29, 1.82) is 10.5 Å². The normalized spacial score (nSPS) is 23.4. The minimum absolute atomic E-state index is 0.292. The van der Waals surface area contributed by atoms with Gasteiger partial charge in [-0.1, -0.05) is 12.8 Å². The van der Waals surface area contributed by atoms with Gasteiger partial charge in [0.25, 0.3) is 0 Å². The monoisotopic (exact) mass is 172 g/mol. The Morgan fingerprint density at radius 1 is 1.08 bits per heavy atom. The molecule has 0 bridgehead atoms. The van der Waals surface area contributed by atoms with E-state index < -0.39 is 0 Å². The summed E-state index contributed by atoms with van der Waals surface area (Å²) in [5.74, 6) is 0.